The van der Waals surface area contributed by atoms with Crippen LogP contribution in [0.5, 0.6) is 5.75 Å². The standard InChI is InChI=1S/C25H22N2O2/c1-18-12-14-20(15-13-18)17-29-24-11-7-6-8-21(24)16-23-19(2)26-27(25(23)28)22-9-4-3-5-10-22/h3-16H,17H2,1-2H3/b23-16+. The molecular weight excluding hydrogens is 360 g/mol. The highest BCUT2D eigenvalue weighted by Crippen LogP contribution is 2.28. The highest BCUT2D eigenvalue weighted by atomic mass is 16.5. The summed E-state index contributed by atoms with van der Waals surface area (Å²) in [7, 11) is 0. The summed E-state index contributed by atoms with van der Waals surface area (Å²) in [4.78, 5) is 12.9. The summed E-state index contributed by atoms with van der Waals surface area (Å²) in [5, 5.41) is 5.88. The summed E-state index contributed by atoms with van der Waals surface area (Å²) in [5.41, 5.74) is 5.18. The van der Waals surface area contributed by atoms with Gasteiger partial charge in [0.2, 0.25) is 0 Å². The number of hydrogen-bond acceptors (Lipinski definition) is 3. The Balaban J connectivity index is 1.57. The van der Waals surface area contributed by atoms with E-state index in [1.54, 1.807) is 0 Å². The number of para-hydroxylation sites is 2. The average Bonchev–Trinajstić information content (AvgIpc) is 3.03. The molecule has 0 N–H and O–H groups in total. The van der Waals surface area contributed by atoms with Crippen LogP contribution < -0.4 is 9.75 Å². The number of rotatable bonds is 5. The minimum absolute atomic E-state index is 0.137. The summed E-state index contributed by atoms with van der Waals surface area (Å²) in [6.07, 6.45) is 1.86. The molecule has 144 valence electrons. The molecule has 0 atom stereocenters. The van der Waals surface area contributed by atoms with E-state index in [0.29, 0.717) is 17.9 Å². The van der Waals surface area contributed by atoms with Gasteiger partial charge in [-0.25, -0.2) is 0 Å². The largest absolute Gasteiger partial charge is 0.488 e. The second-order valence-corrected chi connectivity index (χ2v) is 7.01. The predicted octanol–water partition coefficient (Wildman–Crippen LogP) is 5.38. The maximum atomic E-state index is 12.9. The van der Waals surface area contributed by atoms with Crippen molar-refractivity contribution in [3.8, 4) is 5.75 Å². The van der Waals surface area contributed by atoms with Crippen molar-refractivity contribution in [3.63, 3.8) is 0 Å². The fraction of sp³-hybridized carbons (Fsp3) is 0.120. The molecule has 29 heavy (non-hydrogen) atoms. The third-order valence-corrected chi connectivity index (χ3v) is 4.80. The van der Waals surface area contributed by atoms with Crippen molar-refractivity contribution in [3.05, 3.63) is 101 Å². The number of hydrazone groups is 1. The molecule has 1 aliphatic rings. The minimum Gasteiger partial charge on any atom is -0.488 e. The van der Waals surface area contributed by atoms with Gasteiger partial charge in [0.25, 0.3) is 5.91 Å². The number of aryl methyl sites for hydroxylation is 1. The van der Waals surface area contributed by atoms with Crippen LogP contribution in [0.25, 0.3) is 6.08 Å². The Kier molecular flexibility index (Phi) is 5.25. The fourth-order valence-electron chi connectivity index (χ4n) is 3.16. The number of anilines is 1. The third kappa shape index (κ3) is 4.11. The molecule has 0 radical (unpaired) electrons. The van der Waals surface area contributed by atoms with Crippen LogP contribution in [-0.4, -0.2) is 11.6 Å². The first kappa shape index (κ1) is 18.7. The molecule has 4 rings (SSSR count). The Hall–Kier alpha value is -3.66. The van der Waals surface area contributed by atoms with Crippen molar-refractivity contribution in [1.29, 1.82) is 0 Å². The van der Waals surface area contributed by atoms with Gasteiger partial charge in [0.1, 0.15) is 12.4 Å². The van der Waals surface area contributed by atoms with Gasteiger partial charge in [0, 0.05) is 5.56 Å². The summed E-state index contributed by atoms with van der Waals surface area (Å²) >= 11 is 0. The van der Waals surface area contributed by atoms with Crippen LogP contribution in [0.4, 0.5) is 5.69 Å². The molecular formula is C25H22N2O2. The van der Waals surface area contributed by atoms with Gasteiger partial charge in [-0.3, -0.25) is 4.79 Å². The number of carbonyl (C=O) groups excluding carboxylic acids is 1. The van der Waals surface area contributed by atoms with Crippen molar-refractivity contribution < 1.29 is 9.53 Å². The van der Waals surface area contributed by atoms with Gasteiger partial charge in [0.15, 0.2) is 0 Å². The van der Waals surface area contributed by atoms with Crippen molar-refractivity contribution >= 4 is 23.4 Å². The summed E-state index contributed by atoms with van der Waals surface area (Å²) in [6.45, 7) is 4.38. The fourth-order valence-corrected chi connectivity index (χ4v) is 3.16. The monoisotopic (exact) mass is 382 g/mol. The van der Waals surface area contributed by atoms with Gasteiger partial charge in [-0.1, -0.05) is 66.2 Å². The summed E-state index contributed by atoms with van der Waals surface area (Å²) in [5.74, 6) is 0.598. The second-order valence-electron chi connectivity index (χ2n) is 7.01. The van der Waals surface area contributed by atoms with E-state index in [9.17, 15) is 4.79 Å². The van der Waals surface area contributed by atoms with Crippen LogP contribution in [0, 0.1) is 6.92 Å². The Labute approximate surface area is 170 Å². The molecule has 0 aromatic heterocycles. The number of hydrogen-bond donors (Lipinski definition) is 0. The zero-order valence-electron chi connectivity index (χ0n) is 16.5. The second kappa shape index (κ2) is 8.15. The van der Waals surface area contributed by atoms with Gasteiger partial charge in [-0.15, -0.1) is 0 Å². The molecule has 0 saturated carbocycles. The van der Waals surface area contributed by atoms with Crippen LogP contribution in [0.2, 0.25) is 0 Å². The Morgan fingerprint density at radius 3 is 2.34 bits per heavy atom. The molecule has 0 spiro atoms. The zero-order chi connectivity index (χ0) is 20.2. The molecule has 0 bridgehead atoms. The molecule has 3 aromatic carbocycles. The Morgan fingerprint density at radius 1 is 0.897 bits per heavy atom. The lowest BCUT2D eigenvalue weighted by molar-refractivity contribution is -0.114. The topological polar surface area (TPSA) is 41.9 Å². The van der Waals surface area contributed by atoms with E-state index >= 15 is 0 Å². The molecule has 0 saturated heterocycles. The van der Waals surface area contributed by atoms with Crippen molar-refractivity contribution in [2.45, 2.75) is 20.5 Å². The number of ether oxygens (including phenoxy) is 1. The minimum atomic E-state index is -0.137. The quantitative estimate of drug-likeness (QED) is 0.556. The average molecular weight is 382 g/mol. The first-order chi connectivity index (χ1) is 14.1. The van der Waals surface area contributed by atoms with Crippen molar-refractivity contribution in [2.24, 2.45) is 5.10 Å². The Morgan fingerprint density at radius 2 is 1.59 bits per heavy atom. The molecule has 1 amide bonds. The van der Waals surface area contributed by atoms with E-state index in [1.807, 2.05) is 67.6 Å². The predicted molar refractivity (Wildman–Crippen MR) is 117 cm³/mol. The molecule has 0 fully saturated rings. The maximum absolute atomic E-state index is 12.9. The van der Waals surface area contributed by atoms with Crippen LogP contribution >= 0.6 is 0 Å². The first-order valence-corrected chi connectivity index (χ1v) is 9.56. The smallest absolute Gasteiger partial charge is 0.280 e. The molecule has 4 nitrogen and oxygen atoms in total. The van der Waals surface area contributed by atoms with Crippen LogP contribution in [0.15, 0.2) is 89.5 Å². The normalized spacial score (nSPS) is 15.0. The molecule has 3 aromatic rings. The first-order valence-electron chi connectivity index (χ1n) is 9.56. The van der Waals surface area contributed by atoms with Gasteiger partial charge in [0.05, 0.1) is 17.0 Å². The highest BCUT2D eigenvalue weighted by molar-refractivity contribution is 6.32. The van der Waals surface area contributed by atoms with E-state index in [0.717, 1.165) is 22.6 Å². The van der Waals surface area contributed by atoms with Gasteiger partial charge >= 0.3 is 0 Å². The molecule has 4 heteroatoms. The lowest BCUT2D eigenvalue weighted by Crippen LogP contribution is -2.21. The lowest BCUT2D eigenvalue weighted by Gasteiger charge is -2.12. The van der Waals surface area contributed by atoms with Gasteiger partial charge in [-0.05, 0) is 43.7 Å². The molecule has 0 aliphatic carbocycles. The summed E-state index contributed by atoms with van der Waals surface area (Å²) in [6, 6.07) is 25.4. The number of benzene rings is 3. The van der Waals surface area contributed by atoms with E-state index in [4.69, 9.17) is 4.74 Å². The third-order valence-electron chi connectivity index (χ3n) is 4.80. The zero-order valence-corrected chi connectivity index (χ0v) is 16.5. The van der Waals surface area contributed by atoms with E-state index in [1.165, 1.54) is 10.6 Å². The molecule has 1 aliphatic heterocycles. The van der Waals surface area contributed by atoms with Gasteiger partial charge < -0.3 is 4.74 Å². The van der Waals surface area contributed by atoms with Crippen LogP contribution in [0.3, 0.4) is 0 Å². The number of amides is 1. The summed E-state index contributed by atoms with van der Waals surface area (Å²) < 4.78 is 6.05. The number of nitrogens with zero attached hydrogens (tertiary/aromatic N) is 2. The van der Waals surface area contributed by atoms with E-state index < -0.39 is 0 Å². The van der Waals surface area contributed by atoms with Crippen LogP contribution in [-0.2, 0) is 11.4 Å². The van der Waals surface area contributed by atoms with Crippen LogP contribution in [0.1, 0.15) is 23.6 Å². The SMILES string of the molecule is CC1=NN(c2ccccc2)C(=O)/C1=C/c1ccccc1OCc1ccc(C)cc1. The van der Waals surface area contributed by atoms with Gasteiger partial charge in [-0.2, -0.15) is 10.1 Å². The van der Waals surface area contributed by atoms with E-state index in [-0.39, 0.29) is 5.91 Å². The lowest BCUT2D eigenvalue weighted by atomic mass is 10.1. The Bertz CT molecular complexity index is 1080. The highest BCUT2D eigenvalue weighted by Gasteiger charge is 2.28. The number of carbonyl (C=O) groups is 1. The van der Waals surface area contributed by atoms with Crippen molar-refractivity contribution in [1.82, 2.24) is 0 Å². The van der Waals surface area contributed by atoms with Crippen molar-refractivity contribution in [2.75, 3.05) is 5.01 Å². The molecule has 1 heterocycles. The molecule has 0 unspecified atom stereocenters. The maximum Gasteiger partial charge on any atom is 0.280 e. The van der Waals surface area contributed by atoms with E-state index in [2.05, 4.69) is 36.3 Å².